The standard InChI is InChI=1S/Ba.3ClO.Li/c;3*1-2;/q+2;3*-1;+1. The number of hydrogen-bond donors (Lipinski definition) is 0. The van der Waals surface area contributed by atoms with Crippen LogP contribution in [0.1, 0.15) is 0 Å². The molecule has 3 nitrogen and oxygen atoms in total. The third-order valence-electron chi connectivity index (χ3n) is 0. The monoisotopic (exact) mass is 298 g/mol. The van der Waals surface area contributed by atoms with Crippen LogP contribution in [-0.4, -0.2) is 48.9 Å². The van der Waals surface area contributed by atoms with Crippen molar-refractivity contribution < 1.29 is 32.8 Å². The fraction of sp³-hybridized carbons (Fsp3) is 0. The maximum absolute atomic E-state index is 7.72. The van der Waals surface area contributed by atoms with E-state index in [4.69, 9.17) is 14.0 Å². The van der Waals surface area contributed by atoms with Crippen molar-refractivity contribution in [3.8, 4) is 0 Å². The zero-order valence-electron chi connectivity index (χ0n) is 4.07. The summed E-state index contributed by atoms with van der Waals surface area (Å²) in [6, 6.07) is 0. The summed E-state index contributed by atoms with van der Waals surface area (Å²) >= 11 is 10.2. The van der Waals surface area contributed by atoms with Gasteiger partial charge in [-0.1, -0.05) is 0 Å². The van der Waals surface area contributed by atoms with E-state index in [2.05, 4.69) is 35.6 Å². The van der Waals surface area contributed by atoms with Gasteiger partial charge in [-0.05, 0) is 0 Å². The van der Waals surface area contributed by atoms with E-state index in [1.54, 1.807) is 0 Å². The molecule has 0 aliphatic heterocycles. The van der Waals surface area contributed by atoms with Crippen LogP contribution < -0.4 is 32.8 Å². The molecule has 0 unspecified atom stereocenters. The van der Waals surface area contributed by atoms with Gasteiger partial charge in [-0.3, -0.25) is 0 Å². The quantitative estimate of drug-likeness (QED) is 0.421. The Balaban J connectivity index is -0.00000000500. The Bertz CT molecular complexity index is 14.5. The van der Waals surface area contributed by atoms with Gasteiger partial charge in [-0.15, -0.1) is 0 Å². The van der Waals surface area contributed by atoms with Crippen LogP contribution >= 0.6 is 35.6 Å². The van der Waals surface area contributed by atoms with Gasteiger partial charge in [0.25, 0.3) is 0 Å². The molecule has 0 fully saturated rings. The van der Waals surface area contributed by atoms with Crippen molar-refractivity contribution in [1.82, 2.24) is 0 Å². The molecular weight excluding hydrogens is 299 g/mol. The Labute approximate surface area is 115 Å². The van der Waals surface area contributed by atoms with E-state index in [1.165, 1.54) is 0 Å². The zero-order valence-corrected chi connectivity index (χ0v) is 10.8. The molecule has 8 heavy (non-hydrogen) atoms. The van der Waals surface area contributed by atoms with Gasteiger partial charge in [-0.2, -0.15) is 0 Å². The van der Waals surface area contributed by atoms with Crippen molar-refractivity contribution in [3.63, 3.8) is 0 Å². The van der Waals surface area contributed by atoms with Gasteiger partial charge in [0.2, 0.25) is 0 Å². The smallest absolute Gasteiger partial charge is 0.769 e. The van der Waals surface area contributed by atoms with Crippen molar-refractivity contribution >= 4 is 84.5 Å². The van der Waals surface area contributed by atoms with E-state index in [-0.39, 0.29) is 67.7 Å². The van der Waals surface area contributed by atoms with Crippen molar-refractivity contribution in [3.05, 3.63) is 0 Å². The van der Waals surface area contributed by atoms with Crippen LogP contribution in [0.15, 0.2) is 0 Å². The molecule has 0 saturated heterocycles. The van der Waals surface area contributed by atoms with Crippen LogP contribution in [0.3, 0.4) is 0 Å². The summed E-state index contributed by atoms with van der Waals surface area (Å²) in [5, 5.41) is 0. The van der Waals surface area contributed by atoms with Gasteiger partial charge in [-0.25, -0.2) is 35.6 Å². The Morgan fingerprint density at radius 3 is 0.625 bits per heavy atom. The first-order valence-corrected chi connectivity index (χ1v) is 1.39. The Kier molecular flexibility index (Phi) is 355. The van der Waals surface area contributed by atoms with E-state index >= 15 is 0 Å². The predicted octanol–water partition coefficient (Wildman–Crippen LogP) is -4.88. The Morgan fingerprint density at radius 2 is 0.625 bits per heavy atom. The van der Waals surface area contributed by atoms with Crippen LogP contribution in [0.2, 0.25) is 0 Å². The summed E-state index contributed by atoms with van der Waals surface area (Å²) in [5.41, 5.74) is 0. The van der Waals surface area contributed by atoms with Crippen LogP contribution in [0.4, 0.5) is 0 Å². The van der Waals surface area contributed by atoms with Gasteiger partial charge >= 0.3 is 67.7 Å². The summed E-state index contributed by atoms with van der Waals surface area (Å²) < 4.78 is 23.2. The molecule has 0 spiro atoms. The molecule has 0 amide bonds. The number of rotatable bonds is 0. The average Bonchev–Trinajstić information content (AvgIpc) is 1.81. The van der Waals surface area contributed by atoms with Crippen molar-refractivity contribution in [2.24, 2.45) is 0 Å². The summed E-state index contributed by atoms with van der Waals surface area (Å²) in [5.74, 6) is 0. The Morgan fingerprint density at radius 1 is 0.625 bits per heavy atom. The molecule has 0 rings (SSSR count). The predicted molar refractivity (Wildman–Crippen MR) is 23.3 cm³/mol. The van der Waals surface area contributed by atoms with E-state index in [9.17, 15) is 0 Å². The molecule has 0 saturated carbocycles. The molecule has 0 aliphatic carbocycles. The molecule has 0 aromatic rings. The van der Waals surface area contributed by atoms with Crippen LogP contribution in [0, 0.1) is 0 Å². The van der Waals surface area contributed by atoms with Crippen molar-refractivity contribution in [2.75, 3.05) is 0 Å². The molecule has 0 aromatic carbocycles. The summed E-state index contributed by atoms with van der Waals surface area (Å²) in [6.45, 7) is 0. The maximum atomic E-state index is 7.72. The Hall–Kier alpha value is 2.92. The summed E-state index contributed by atoms with van der Waals surface area (Å²) in [7, 11) is 0. The minimum atomic E-state index is 0. The second-order valence-corrected chi connectivity index (χ2v) is 0. The van der Waals surface area contributed by atoms with E-state index in [1.807, 2.05) is 0 Å². The second-order valence-electron chi connectivity index (χ2n) is 0. The average molecular weight is 299 g/mol. The van der Waals surface area contributed by atoms with Gasteiger partial charge in [0, 0.05) is 0 Å². The molecule has 0 radical (unpaired) electrons. The first-order chi connectivity index (χ1) is 3.00. The second kappa shape index (κ2) is 92.6. The topological polar surface area (TPSA) is 69.2 Å². The van der Waals surface area contributed by atoms with E-state index < -0.39 is 0 Å². The third kappa shape index (κ3) is 65.6. The minimum Gasteiger partial charge on any atom is -0.769 e. The molecule has 0 heterocycles. The minimum absolute atomic E-state index is 0. The summed E-state index contributed by atoms with van der Waals surface area (Å²) in [6.07, 6.45) is 0. The first kappa shape index (κ1) is 30.7. The number of hydrogen-bond acceptors (Lipinski definition) is 3. The van der Waals surface area contributed by atoms with Crippen molar-refractivity contribution in [1.29, 1.82) is 0 Å². The van der Waals surface area contributed by atoms with Crippen molar-refractivity contribution in [2.45, 2.75) is 0 Å². The number of halogens is 3. The van der Waals surface area contributed by atoms with Gasteiger partial charge in [0.15, 0.2) is 0 Å². The fourth-order valence-corrected chi connectivity index (χ4v) is 0. The van der Waals surface area contributed by atoms with E-state index in [0.717, 1.165) is 0 Å². The first-order valence-electron chi connectivity index (χ1n) is 0.463. The van der Waals surface area contributed by atoms with Gasteiger partial charge in [0.05, 0.1) is 0 Å². The maximum Gasteiger partial charge on any atom is 2.00 e. The molecule has 0 aromatic heterocycles. The molecule has 0 bridgehead atoms. The van der Waals surface area contributed by atoms with Crippen LogP contribution in [0.25, 0.3) is 0 Å². The van der Waals surface area contributed by atoms with Crippen LogP contribution in [0.5, 0.6) is 0 Å². The molecule has 0 atom stereocenters. The van der Waals surface area contributed by atoms with Gasteiger partial charge < -0.3 is 14.0 Å². The molecular formula is BaCl3LiO3. The summed E-state index contributed by atoms with van der Waals surface area (Å²) in [4.78, 5) is 0. The largest absolute Gasteiger partial charge is 2.00 e. The normalized spacial score (nSPS) is 2.25. The molecule has 0 N–H and O–H groups in total. The van der Waals surface area contributed by atoms with Crippen LogP contribution in [-0.2, 0) is 0 Å². The third-order valence-corrected chi connectivity index (χ3v) is 0. The SMILES string of the molecule is [Ba+2].[Li+].[O-]Cl.[O-]Cl.[O-]Cl. The molecule has 8 heteroatoms. The van der Waals surface area contributed by atoms with E-state index in [0.29, 0.717) is 0 Å². The molecule has 0 aliphatic rings. The zero-order chi connectivity index (χ0) is 6.00. The fourth-order valence-electron chi connectivity index (χ4n) is 0. The van der Waals surface area contributed by atoms with Gasteiger partial charge in [0.1, 0.15) is 0 Å². The molecule has 42 valence electrons.